The Morgan fingerprint density at radius 3 is 2.62 bits per heavy atom. The summed E-state index contributed by atoms with van der Waals surface area (Å²) in [6.07, 6.45) is 4.08. The van der Waals surface area contributed by atoms with Crippen LogP contribution in [0.15, 0.2) is 42.6 Å². The lowest BCUT2D eigenvalue weighted by atomic mass is 10.0. The normalized spacial score (nSPS) is 15.3. The number of rotatable bonds is 6. The molecule has 1 fully saturated rings. The van der Waals surface area contributed by atoms with Crippen molar-refractivity contribution in [3.8, 4) is 11.5 Å². The average Bonchev–Trinajstić information content (AvgIpc) is 2.67. The number of hydrogen-bond acceptors (Lipinski definition) is 5. The maximum absolute atomic E-state index is 5.45. The van der Waals surface area contributed by atoms with Gasteiger partial charge in [-0.15, -0.1) is 0 Å². The zero-order chi connectivity index (χ0) is 16.8. The van der Waals surface area contributed by atoms with Gasteiger partial charge in [-0.1, -0.05) is 6.07 Å². The van der Waals surface area contributed by atoms with E-state index >= 15 is 0 Å². The standard InChI is InChI=1S/C19H25N3O2/c1-23-17-6-7-18(24-2)15(13-17)14-21-16-8-11-22(12-9-16)19-5-3-4-10-20-19/h3-7,10,13,16,21H,8-9,11-12,14H2,1-2H3. The summed E-state index contributed by atoms with van der Waals surface area (Å²) < 4.78 is 10.8. The summed E-state index contributed by atoms with van der Waals surface area (Å²) in [6, 6.07) is 12.5. The molecule has 1 N–H and O–H groups in total. The third-order valence-electron chi connectivity index (χ3n) is 4.54. The molecule has 5 nitrogen and oxygen atoms in total. The second-order valence-electron chi connectivity index (χ2n) is 6.01. The smallest absolute Gasteiger partial charge is 0.128 e. The molecule has 0 saturated carbocycles. The van der Waals surface area contributed by atoms with Crippen LogP contribution in [0.4, 0.5) is 5.82 Å². The molecule has 0 aliphatic carbocycles. The highest BCUT2D eigenvalue weighted by molar-refractivity contribution is 5.40. The van der Waals surface area contributed by atoms with Crippen LogP contribution in [0, 0.1) is 0 Å². The molecular formula is C19H25N3O2. The number of piperidine rings is 1. The van der Waals surface area contributed by atoms with Crippen LogP contribution in [0.3, 0.4) is 0 Å². The third-order valence-corrected chi connectivity index (χ3v) is 4.54. The van der Waals surface area contributed by atoms with Crippen LogP contribution in [-0.4, -0.2) is 38.3 Å². The number of nitrogens with one attached hydrogen (secondary N) is 1. The Morgan fingerprint density at radius 2 is 1.96 bits per heavy atom. The Morgan fingerprint density at radius 1 is 1.12 bits per heavy atom. The molecule has 128 valence electrons. The molecule has 2 aromatic rings. The van der Waals surface area contributed by atoms with Crippen molar-refractivity contribution in [3.05, 3.63) is 48.2 Å². The highest BCUT2D eigenvalue weighted by Gasteiger charge is 2.20. The van der Waals surface area contributed by atoms with Crippen molar-refractivity contribution in [2.45, 2.75) is 25.4 Å². The summed E-state index contributed by atoms with van der Waals surface area (Å²) in [5.74, 6) is 2.83. The van der Waals surface area contributed by atoms with Crippen molar-refractivity contribution >= 4 is 5.82 Å². The molecule has 1 aliphatic rings. The van der Waals surface area contributed by atoms with Crippen molar-refractivity contribution in [3.63, 3.8) is 0 Å². The first-order valence-corrected chi connectivity index (χ1v) is 8.40. The molecule has 1 aromatic carbocycles. The molecule has 0 amide bonds. The maximum Gasteiger partial charge on any atom is 0.128 e. The number of ether oxygens (including phenoxy) is 2. The summed E-state index contributed by atoms with van der Waals surface area (Å²) in [5.41, 5.74) is 1.13. The van der Waals surface area contributed by atoms with Crippen molar-refractivity contribution in [1.29, 1.82) is 0 Å². The number of hydrogen-bond donors (Lipinski definition) is 1. The first kappa shape index (κ1) is 16.6. The Hall–Kier alpha value is -2.27. The lowest BCUT2D eigenvalue weighted by Gasteiger charge is -2.33. The second kappa shape index (κ2) is 8.02. The topological polar surface area (TPSA) is 46.6 Å². The van der Waals surface area contributed by atoms with Crippen molar-refractivity contribution in [1.82, 2.24) is 10.3 Å². The second-order valence-corrected chi connectivity index (χ2v) is 6.01. The number of benzene rings is 1. The van der Waals surface area contributed by atoms with Gasteiger partial charge in [-0.3, -0.25) is 0 Å². The van der Waals surface area contributed by atoms with E-state index in [9.17, 15) is 0 Å². The van der Waals surface area contributed by atoms with Gasteiger partial charge < -0.3 is 19.7 Å². The van der Waals surface area contributed by atoms with E-state index in [2.05, 4.69) is 21.3 Å². The lowest BCUT2D eigenvalue weighted by molar-refractivity contribution is 0.385. The molecule has 0 atom stereocenters. The van der Waals surface area contributed by atoms with Crippen LogP contribution >= 0.6 is 0 Å². The molecule has 5 heteroatoms. The van der Waals surface area contributed by atoms with Gasteiger partial charge in [0.15, 0.2) is 0 Å². The van der Waals surface area contributed by atoms with Gasteiger partial charge in [0.25, 0.3) is 0 Å². The van der Waals surface area contributed by atoms with E-state index in [1.54, 1.807) is 14.2 Å². The van der Waals surface area contributed by atoms with Gasteiger partial charge >= 0.3 is 0 Å². The molecule has 24 heavy (non-hydrogen) atoms. The first-order chi connectivity index (χ1) is 11.8. The number of aromatic nitrogens is 1. The molecule has 1 aliphatic heterocycles. The minimum absolute atomic E-state index is 0.515. The van der Waals surface area contributed by atoms with Crippen molar-refractivity contribution < 1.29 is 9.47 Å². The van der Waals surface area contributed by atoms with Gasteiger partial charge in [0.2, 0.25) is 0 Å². The van der Waals surface area contributed by atoms with Crippen LogP contribution in [0.1, 0.15) is 18.4 Å². The van der Waals surface area contributed by atoms with E-state index in [0.29, 0.717) is 6.04 Å². The van der Waals surface area contributed by atoms with Gasteiger partial charge in [-0.2, -0.15) is 0 Å². The maximum atomic E-state index is 5.45. The highest BCUT2D eigenvalue weighted by Crippen LogP contribution is 2.24. The fourth-order valence-electron chi connectivity index (χ4n) is 3.13. The fraction of sp³-hybridized carbons (Fsp3) is 0.421. The summed E-state index contributed by atoms with van der Waals surface area (Å²) in [6.45, 7) is 2.85. The zero-order valence-electron chi connectivity index (χ0n) is 14.4. The van der Waals surface area contributed by atoms with Crippen LogP contribution in [-0.2, 0) is 6.54 Å². The molecule has 0 unspecified atom stereocenters. The molecule has 3 rings (SSSR count). The minimum atomic E-state index is 0.515. The summed E-state index contributed by atoms with van der Waals surface area (Å²) >= 11 is 0. The van der Waals surface area contributed by atoms with E-state index in [1.165, 1.54) is 0 Å². The number of methoxy groups -OCH3 is 2. The highest BCUT2D eigenvalue weighted by atomic mass is 16.5. The van der Waals surface area contributed by atoms with E-state index in [0.717, 1.165) is 55.4 Å². The number of nitrogens with zero attached hydrogens (tertiary/aromatic N) is 2. The monoisotopic (exact) mass is 327 g/mol. The van der Waals surface area contributed by atoms with Crippen LogP contribution in [0.2, 0.25) is 0 Å². The lowest BCUT2D eigenvalue weighted by Crippen LogP contribution is -2.42. The predicted molar refractivity (Wildman–Crippen MR) is 95.9 cm³/mol. The molecule has 0 bridgehead atoms. The molecule has 1 saturated heterocycles. The van der Waals surface area contributed by atoms with Crippen LogP contribution in [0.25, 0.3) is 0 Å². The Bertz CT molecular complexity index is 640. The van der Waals surface area contributed by atoms with Crippen molar-refractivity contribution in [2.24, 2.45) is 0 Å². The van der Waals surface area contributed by atoms with E-state index < -0.39 is 0 Å². The fourth-order valence-corrected chi connectivity index (χ4v) is 3.13. The Balaban J connectivity index is 1.54. The van der Waals surface area contributed by atoms with Gasteiger partial charge in [0, 0.05) is 37.4 Å². The minimum Gasteiger partial charge on any atom is -0.497 e. The zero-order valence-corrected chi connectivity index (χ0v) is 14.4. The van der Waals surface area contributed by atoms with E-state index in [1.807, 2.05) is 36.5 Å². The SMILES string of the molecule is COc1ccc(OC)c(CNC2CCN(c3ccccn3)CC2)c1. The summed E-state index contributed by atoms with van der Waals surface area (Å²) in [4.78, 5) is 6.79. The Kier molecular flexibility index (Phi) is 5.54. The quantitative estimate of drug-likeness (QED) is 0.884. The molecule has 2 heterocycles. The number of anilines is 1. The average molecular weight is 327 g/mol. The van der Waals surface area contributed by atoms with E-state index in [4.69, 9.17) is 9.47 Å². The molecule has 0 spiro atoms. The number of pyridine rings is 1. The van der Waals surface area contributed by atoms with Gasteiger partial charge in [0.05, 0.1) is 14.2 Å². The molecule has 1 aromatic heterocycles. The summed E-state index contributed by atoms with van der Waals surface area (Å²) in [7, 11) is 3.39. The largest absolute Gasteiger partial charge is 0.497 e. The molecular weight excluding hydrogens is 302 g/mol. The third kappa shape index (κ3) is 3.97. The first-order valence-electron chi connectivity index (χ1n) is 8.40. The summed E-state index contributed by atoms with van der Waals surface area (Å²) in [5, 5.41) is 3.65. The Labute approximate surface area is 143 Å². The predicted octanol–water partition coefficient (Wildman–Crippen LogP) is 2.86. The van der Waals surface area contributed by atoms with Gasteiger partial charge in [-0.05, 0) is 43.2 Å². The van der Waals surface area contributed by atoms with Crippen LogP contribution < -0.4 is 19.7 Å². The van der Waals surface area contributed by atoms with Crippen molar-refractivity contribution in [2.75, 3.05) is 32.2 Å². The van der Waals surface area contributed by atoms with E-state index in [-0.39, 0.29) is 0 Å². The van der Waals surface area contributed by atoms with Gasteiger partial charge in [0.1, 0.15) is 17.3 Å². The van der Waals surface area contributed by atoms with Gasteiger partial charge in [-0.25, -0.2) is 4.98 Å². The molecule has 0 radical (unpaired) electrons. The van der Waals surface area contributed by atoms with Crippen LogP contribution in [0.5, 0.6) is 11.5 Å².